The molecule has 0 saturated heterocycles. The predicted molar refractivity (Wildman–Crippen MR) is 95.0 cm³/mol. The molecule has 1 saturated carbocycles. The fourth-order valence-corrected chi connectivity index (χ4v) is 3.39. The van der Waals surface area contributed by atoms with E-state index in [1.807, 2.05) is 30.3 Å². The van der Waals surface area contributed by atoms with E-state index >= 15 is 0 Å². The lowest BCUT2D eigenvalue weighted by molar-refractivity contribution is -0.142. The Morgan fingerprint density at radius 1 is 1.12 bits per heavy atom. The summed E-state index contributed by atoms with van der Waals surface area (Å²) in [6, 6.07) is 8.57. The van der Waals surface area contributed by atoms with Gasteiger partial charge in [0.1, 0.15) is 6.04 Å². The normalized spacial score (nSPS) is 21.6. The highest BCUT2D eigenvalue weighted by Gasteiger charge is 2.30. The summed E-state index contributed by atoms with van der Waals surface area (Å²) in [4.78, 5) is 23.9. The zero-order chi connectivity index (χ0) is 16.8. The van der Waals surface area contributed by atoms with E-state index in [4.69, 9.17) is 0 Å². The lowest BCUT2D eigenvalue weighted by Gasteiger charge is -2.30. The Balaban J connectivity index is 0.00000288. The van der Waals surface area contributed by atoms with Gasteiger partial charge >= 0.3 is 5.97 Å². The van der Waals surface area contributed by atoms with Gasteiger partial charge in [0.05, 0.1) is 0 Å². The zero-order valence-electron chi connectivity index (χ0n) is 14.7. The van der Waals surface area contributed by atoms with Crippen LogP contribution in [0.15, 0.2) is 30.3 Å². The molecule has 0 heterocycles. The summed E-state index contributed by atoms with van der Waals surface area (Å²) >= 11 is 0. The number of carboxylic acid groups (broad SMARTS) is 1. The van der Waals surface area contributed by atoms with E-state index in [0.29, 0.717) is 18.3 Å². The Morgan fingerprint density at radius 2 is 1.71 bits per heavy atom. The summed E-state index contributed by atoms with van der Waals surface area (Å²) in [5.41, 5.74) is 0.920. The van der Waals surface area contributed by atoms with Gasteiger partial charge in [-0.3, -0.25) is 4.79 Å². The van der Waals surface area contributed by atoms with Crippen molar-refractivity contribution in [1.82, 2.24) is 11.5 Å². The largest absolute Gasteiger partial charge is 0.480 e. The van der Waals surface area contributed by atoms with Gasteiger partial charge in [0.25, 0.3) is 0 Å². The van der Waals surface area contributed by atoms with E-state index in [9.17, 15) is 14.7 Å². The van der Waals surface area contributed by atoms with Crippen molar-refractivity contribution in [2.75, 3.05) is 0 Å². The first-order valence-electron chi connectivity index (χ1n) is 8.54. The van der Waals surface area contributed by atoms with E-state index in [0.717, 1.165) is 31.2 Å². The summed E-state index contributed by atoms with van der Waals surface area (Å²) in [6.45, 7) is 4.46. The maximum atomic E-state index is 12.4. The molecule has 1 aliphatic rings. The molecule has 5 heteroatoms. The number of aliphatic carboxylic acids is 1. The van der Waals surface area contributed by atoms with Gasteiger partial charge in [0.15, 0.2) is 0 Å². The minimum atomic E-state index is -0.974. The van der Waals surface area contributed by atoms with Gasteiger partial charge in [-0.25, -0.2) is 4.79 Å². The van der Waals surface area contributed by atoms with Crippen molar-refractivity contribution in [2.45, 2.75) is 52.0 Å². The average molecular weight is 334 g/mol. The molecular weight excluding hydrogens is 304 g/mol. The van der Waals surface area contributed by atoms with Gasteiger partial charge in [0, 0.05) is 12.3 Å². The highest BCUT2D eigenvalue weighted by molar-refractivity contribution is 5.85. The molecule has 1 aromatic rings. The Labute approximate surface area is 144 Å². The van der Waals surface area contributed by atoms with Crippen molar-refractivity contribution in [3.63, 3.8) is 0 Å². The van der Waals surface area contributed by atoms with Crippen LogP contribution in [0.3, 0.4) is 0 Å². The molecule has 0 aliphatic heterocycles. The van der Waals surface area contributed by atoms with Crippen molar-refractivity contribution in [1.29, 1.82) is 0 Å². The molecule has 1 atom stereocenters. The number of benzene rings is 1. The van der Waals surface area contributed by atoms with Gasteiger partial charge in [0.2, 0.25) is 5.91 Å². The van der Waals surface area contributed by atoms with Gasteiger partial charge < -0.3 is 16.6 Å². The predicted octanol–water partition coefficient (Wildman–Crippen LogP) is 3.42. The number of hydrogen-bond acceptors (Lipinski definition) is 3. The summed E-state index contributed by atoms with van der Waals surface area (Å²) in [7, 11) is 0. The van der Waals surface area contributed by atoms with Crippen LogP contribution >= 0.6 is 0 Å². The molecule has 0 radical (unpaired) electrons. The lowest BCUT2D eigenvalue weighted by atomic mass is 9.76. The average Bonchev–Trinajstić information content (AvgIpc) is 2.55. The Hall–Kier alpha value is -1.88. The van der Waals surface area contributed by atoms with Gasteiger partial charge in [-0.15, -0.1) is 0 Å². The van der Waals surface area contributed by atoms with Crippen LogP contribution in [-0.4, -0.2) is 23.0 Å². The van der Waals surface area contributed by atoms with Crippen molar-refractivity contribution in [3.05, 3.63) is 35.9 Å². The van der Waals surface area contributed by atoms with Crippen molar-refractivity contribution < 1.29 is 14.7 Å². The number of carbonyl (C=O) groups is 2. The number of carboxylic acids is 1. The Morgan fingerprint density at radius 3 is 2.21 bits per heavy atom. The zero-order valence-corrected chi connectivity index (χ0v) is 14.7. The van der Waals surface area contributed by atoms with Crippen LogP contribution < -0.4 is 11.5 Å². The molecule has 2 rings (SSSR count). The van der Waals surface area contributed by atoms with Crippen molar-refractivity contribution in [2.24, 2.45) is 17.8 Å². The molecule has 0 bridgehead atoms. The third-order valence-electron chi connectivity index (χ3n) is 4.98. The molecule has 1 aromatic carbocycles. The van der Waals surface area contributed by atoms with Crippen LogP contribution in [0.25, 0.3) is 0 Å². The second-order valence-electron chi connectivity index (χ2n) is 6.94. The molecule has 134 valence electrons. The SMILES string of the molecule is CC(C)[C@H]1CC[C@H](C(=O)N[C@H](Cc2ccccc2)C(=O)O)CC1.N. The molecule has 0 spiro atoms. The fraction of sp³-hybridized carbons (Fsp3) is 0.579. The van der Waals surface area contributed by atoms with Crippen molar-refractivity contribution in [3.8, 4) is 0 Å². The second-order valence-corrected chi connectivity index (χ2v) is 6.94. The molecule has 1 fully saturated rings. The first kappa shape index (κ1) is 20.2. The molecule has 1 aliphatic carbocycles. The van der Waals surface area contributed by atoms with Gasteiger partial charge in [-0.1, -0.05) is 44.2 Å². The summed E-state index contributed by atoms with van der Waals surface area (Å²) in [5.74, 6) is 0.235. The van der Waals surface area contributed by atoms with Crippen LogP contribution in [0.4, 0.5) is 0 Å². The van der Waals surface area contributed by atoms with E-state index in [-0.39, 0.29) is 18.0 Å². The van der Waals surface area contributed by atoms with Crippen LogP contribution in [0.2, 0.25) is 0 Å². The van der Waals surface area contributed by atoms with Crippen molar-refractivity contribution >= 4 is 11.9 Å². The second kappa shape index (κ2) is 9.42. The molecule has 1 amide bonds. The minimum absolute atomic E-state index is 0. The summed E-state index contributed by atoms with van der Waals surface area (Å²) in [5, 5.41) is 12.1. The number of rotatable bonds is 6. The molecule has 5 nitrogen and oxygen atoms in total. The quantitative estimate of drug-likeness (QED) is 0.742. The van der Waals surface area contributed by atoms with E-state index in [1.165, 1.54) is 0 Å². The van der Waals surface area contributed by atoms with Crippen LogP contribution in [0, 0.1) is 17.8 Å². The Kier molecular flexibility index (Phi) is 7.92. The van der Waals surface area contributed by atoms with E-state index in [2.05, 4.69) is 19.2 Å². The smallest absolute Gasteiger partial charge is 0.326 e. The maximum absolute atomic E-state index is 12.4. The number of nitrogens with one attached hydrogen (secondary N) is 1. The monoisotopic (exact) mass is 334 g/mol. The standard InChI is InChI=1S/C19H27NO3.H3N/c1-13(2)15-8-10-16(11-9-15)18(21)20-17(19(22)23)12-14-6-4-3-5-7-14;/h3-7,13,15-17H,8-12H2,1-2H3,(H,20,21)(H,22,23);1H3/t15-,16-,17-;/m1./s1. The number of carbonyl (C=O) groups excluding carboxylic acids is 1. The molecule has 0 aromatic heterocycles. The van der Waals surface area contributed by atoms with Gasteiger partial charge in [-0.2, -0.15) is 0 Å². The lowest BCUT2D eigenvalue weighted by Crippen LogP contribution is -2.45. The van der Waals surface area contributed by atoms with Gasteiger partial charge in [-0.05, 0) is 43.1 Å². The molecular formula is C19H30N2O3. The first-order chi connectivity index (χ1) is 11.0. The topological polar surface area (TPSA) is 101 Å². The summed E-state index contributed by atoms with van der Waals surface area (Å²) < 4.78 is 0. The summed E-state index contributed by atoms with van der Waals surface area (Å²) in [6.07, 6.45) is 4.18. The molecule has 0 unspecified atom stereocenters. The third-order valence-corrected chi connectivity index (χ3v) is 4.98. The fourth-order valence-electron chi connectivity index (χ4n) is 3.39. The van der Waals surface area contributed by atoms with Crippen LogP contribution in [0.1, 0.15) is 45.1 Å². The maximum Gasteiger partial charge on any atom is 0.326 e. The third kappa shape index (κ3) is 5.64. The number of amides is 1. The first-order valence-corrected chi connectivity index (χ1v) is 8.54. The van der Waals surface area contributed by atoms with E-state index in [1.54, 1.807) is 0 Å². The Bertz CT molecular complexity index is 523. The molecule has 5 N–H and O–H groups in total. The highest BCUT2D eigenvalue weighted by atomic mass is 16.4. The van der Waals surface area contributed by atoms with Crippen LogP contribution in [0.5, 0.6) is 0 Å². The van der Waals surface area contributed by atoms with E-state index < -0.39 is 12.0 Å². The van der Waals surface area contributed by atoms with Crippen LogP contribution in [-0.2, 0) is 16.0 Å². The highest BCUT2D eigenvalue weighted by Crippen LogP contribution is 2.33. The molecule has 24 heavy (non-hydrogen) atoms. The number of hydrogen-bond donors (Lipinski definition) is 3. The minimum Gasteiger partial charge on any atom is -0.480 e.